The van der Waals surface area contributed by atoms with Crippen LogP contribution in [-0.2, 0) is 6.54 Å². The molecular formula is C22H17FN4OS. The molecule has 0 spiro atoms. The van der Waals surface area contributed by atoms with Crippen LogP contribution in [0.5, 0.6) is 0 Å². The maximum atomic E-state index is 13.4. The number of aromatic nitrogens is 4. The van der Waals surface area contributed by atoms with Crippen molar-refractivity contribution in [3.05, 3.63) is 96.1 Å². The van der Waals surface area contributed by atoms with E-state index in [1.54, 1.807) is 18.5 Å². The summed E-state index contributed by atoms with van der Waals surface area (Å²) in [5, 5.41) is 9.24. The van der Waals surface area contributed by atoms with Gasteiger partial charge in [0.05, 0.1) is 12.3 Å². The zero-order valence-corrected chi connectivity index (χ0v) is 16.2. The lowest BCUT2D eigenvalue weighted by Gasteiger charge is -2.10. The van der Waals surface area contributed by atoms with E-state index >= 15 is 0 Å². The summed E-state index contributed by atoms with van der Waals surface area (Å²) in [6, 6.07) is 19.5. The largest absolute Gasteiger partial charge is 0.297 e. The van der Waals surface area contributed by atoms with Crippen LogP contribution in [0.3, 0.4) is 0 Å². The van der Waals surface area contributed by atoms with Crippen molar-refractivity contribution >= 4 is 17.5 Å². The molecule has 0 saturated carbocycles. The summed E-state index contributed by atoms with van der Waals surface area (Å²) in [7, 11) is 0. The number of benzene rings is 2. The number of halogens is 1. The van der Waals surface area contributed by atoms with Crippen LogP contribution in [0.1, 0.15) is 15.9 Å². The van der Waals surface area contributed by atoms with Crippen molar-refractivity contribution in [3.63, 3.8) is 0 Å². The van der Waals surface area contributed by atoms with Crippen LogP contribution in [0.2, 0.25) is 0 Å². The molecule has 0 amide bonds. The molecular weight excluding hydrogens is 387 g/mol. The lowest BCUT2D eigenvalue weighted by Crippen LogP contribution is -2.07. The Morgan fingerprint density at radius 1 is 1.00 bits per heavy atom. The van der Waals surface area contributed by atoms with Crippen molar-refractivity contribution in [1.29, 1.82) is 0 Å². The second kappa shape index (κ2) is 8.79. The Morgan fingerprint density at radius 2 is 1.86 bits per heavy atom. The first-order valence-electron chi connectivity index (χ1n) is 9.00. The van der Waals surface area contributed by atoms with E-state index < -0.39 is 5.82 Å². The Morgan fingerprint density at radius 3 is 2.62 bits per heavy atom. The normalized spacial score (nSPS) is 10.8. The maximum Gasteiger partial charge on any atom is 0.192 e. The fraction of sp³-hybridized carbons (Fsp3) is 0.0909. The predicted octanol–water partition coefficient (Wildman–Crippen LogP) is 4.50. The van der Waals surface area contributed by atoms with Crippen molar-refractivity contribution in [2.45, 2.75) is 11.7 Å². The van der Waals surface area contributed by atoms with Gasteiger partial charge in [-0.3, -0.25) is 14.3 Å². The van der Waals surface area contributed by atoms with E-state index in [0.29, 0.717) is 23.1 Å². The quantitative estimate of drug-likeness (QED) is 0.335. The zero-order chi connectivity index (χ0) is 20.1. The molecule has 0 aliphatic rings. The number of ketones is 1. The number of thioether (sulfide) groups is 1. The molecule has 5 nitrogen and oxygen atoms in total. The Balaban J connectivity index is 1.61. The van der Waals surface area contributed by atoms with Crippen molar-refractivity contribution in [2.24, 2.45) is 0 Å². The fourth-order valence-electron chi connectivity index (χ4n) is 2.89. The van der Waals surface area contributed by atoms with E-state index in [9.17, 15) is 9.18 Å². The molecule has 0 fully saturated rings. The molecule has 4 aromatic rings. The van der Waals surface area contributed by atoms with E-state index in [2.05, 4.69) is 15.2 Å². The smallest absolute Gasteiger partial charge is 0.192 e. The highest BCUT2D eigenvalue weighted by atomic mass is 32.2. The summed E-state index contributed by atoms with van der Waals surface area (Å²) in [5.74, 6) is 0.241. The van der Waals surface area contributed by atoms with Gasteiger partial charge in [-0.1, -0.05) is 54.2 Å². The number of carbonyl (C=O) groups excluding carboxylic acids is 1. The van der Waals surface area contributed by atoms with Crippen LogP contribution in [0.15, 0.2) is 84.3 Å². The summed E-state index contributed by atoms with van der Waals surface area (Å²) in [4.78, 5) is 16.6. The van der Waals surface area contributed by atoms with Crippen LogP contribution in [0.25, 0.3) is 11.4 Å². The van der Waals surface area contributed by atoms with Gasteiger partial charge in [-0.2, -0.15) is 0 Å². The minimum Gasteiger partial charge on any atom is -0.297 e. The molecule has 2 aromatic heterocycles. The Labute approximate surface area is 171 Å². The average Bonchev–Trinajstić information content (AvgIpc) is 3.15. The fourth-order valence-corrected chi connectivity index (χ4v) is 3.72. The number of hydrogen-bond acceptors (Lipinski definition) is 5. The van der Waals surface area contributed by atoms with E-state index in [1.165, 1.54) is 30.0 Å². The van der Waals surface area contributed by atoms with E-state index in [0.717, 1.165) is 11.1 Å². The molecule has 7 heteroatoms. The molecule has 0 radical (unpaired) electrons. The monoisotopic (exact) mass is 404 g/mol. The lowest BCUT2D eigenvalue weighted by atomic mass is 10.1. The highest BCUT2D eigenvalue weighted by molar-refractivity contribution is 7.99. The minimum absolute atomic E-state index is 0.142. The van der Waals surface area contributed by atoms with Gasteiger partial charge < -0.3 is 0 Å². The maximum absolute atomic E-state index is 13.4. The van der Waals surface area contributed by atoms with Crippen LogP contribution >= 0.6 is 11.8 Å². The molecule has 0 aliphatic carbocycles. The number of nitrogens with zero attached hydrogens (tertiary/aromatic N) is 4. The molecule has 29 heavy (non-hydrogen) atoms. The van der Waals surface area contributed by atoms with Gasteiger partial charge in [0.25, 0.3) is 0 Å². The Bertz CT molecular complexity index is 1120. The number of hydrogen-bond donors (Lipinski definition) is 0. The molecule has 144 valence electrons. The SMILES string of the molecule is O=C(CSc1nnc(-c2cccnc2)n1Cc1ccccc1)c1cccc(F)c1. The van der Waals surface area contributed by atoms with E-state index in [4.69, 9.17) is 0 Å². The average molecular weight is 404 g/mol. The topological polar surface area (TPSA) is 60.7 Å². The second-order valence-electron chi connectivity index (χ2n) is 6.34. The highest BCUT2D eigenvalue weighted by Crippen LogP contribution is 2.25. The first kappa shape index (κ1) is 19.0. The van der Waals surface area contributed by atoms with Gasteiger partial charge in [-0.15, -0.1) is 10.2 Å². The zero-order valence-electron chi connectivity index (χ0n) is 15.4. The summed E-state index contributed by atoms with van der Waals surface area (Å²) in [6.45, 7) is 0.564. The van der Waals surface area contributed by atoms with Crippen molar-refractivity contribution < 1.29 is 9.18 Å². The number of Topliss-reactive ketones (excluding diaryl/α,β-unsaturated/α-hetero) is 1. The molecule has 4 rings (SSSR count). The van der Waals surface area contributed by atoms with Gasteiger partial charge in [-0.05, 0) is 29.8 Å². The minimum atomic E-state index is -0.424. The van der Waals surface area contributed by atoms with Gasteiger partial charge in [-0.25, -0.2) is 4.39 Å². The number of rotatable bonds is 7. The molecule has 2 aromatic carbocycles. The summed E-state index contributed by atoms with van der Waals surface area (Å²) >= 11 is 1.29. The number of pyridine rings is 1. The first-order valence-corrected chi connectivity index (χ1v) is 9.98. The van der Waals surface area contributed by atoms with Crippen LogP contribution in [0.4, 0.5) is 4.39 Å². The van der Waals surface area contributed by atoms with Crippen LogP contribution in [-0.4, -0.2) is 31.3 Å². The standard InChI is InChI=1S/C22H17FN4OS/c23-19-10-4-8-17(12-19)20(28)15-29-22-26-25-21(18-9-5-11-24-13-18)27(22)14-16-6-2-1-3-7-16/h1-13H,14-15H2. The summed E-state index contributed by atoms with van der Waals surface area (Å²) < 4.78 is 15.4. The molecule has 2 heterocycles. The predicted molar refractivity (Wildman–Crippen MR) is 110 cm³/mol. The van der Waals surface area contributed by atoms with Gasteiger partial charge in [0.1, 0.15) is 5.82 Å². The molecule has 0 bridgehead atoms. The van der Waals surface area contributed by atoms with Crippen LogP contribution in [0, 0.1) is 5.82 Å². The molecule has 0 atom stereocenters. The lowest BCUT2D eigenvalue weighted by molar-refractivity contribution is 0.102. The van der Waals surface area contributed by atoms with Crippen molar-refractivity contribution in [1.82, 2.24) is 19.7 Å². The van der Waals surface area contributed by atoms with Gasteiger partial charge in [0.2, 0.25) is 0 Å². The third kappa shape index (κ3) is 4.57. The molecule has 0 unspecified atom stereocenters. The first-order chi connectivity index (χ1) is 14.2. The summed E-state index contributed by atoms with van der Waals surface area (Å²) in [6.07, 6.45) is 3.44. The third-order valence-corrected chi connectivity index (χ3v) is 5.27. The van der Waals surface area contributed by atoms with Gasteiger partial charge >= 0.3 is 0 Å². The highest BCUT2D eigenvalue weighted by Gasteiger charge is 2.17. The molecule has 0 aliphatic heterocycles. The van der Waals surface area contributed by atoms with E-state index in [1.807, 2.05) is 47.0 Å². The molecule has 0 N–H and O–H groups in total. The second-order valence-corrected chi connectivity index (χ2v) is 7.28. The number of carbonyl (C=O) groups is 1. The Kier molecular flexibility index (Phi) is 5.76. The Hall–Kier alpha value is -3.32. The molecule has 0 saturated heterocycles. The van der Waals surface area contributed by atoms with Crippen molar-refractivity contribution in [2.75, 3.05) is 5.75 Å². The van der Waals surface area contributed by atoms with Crippen LogP contribution < -0.4 is 0 Å². The van der Waals surface area contributed by atoms with Gasteiger partial charge in [0, 0.05) is 23.5 Å². The van der Waals surface area contributed by atoms with Gasteiger partial charge in [0.15, 0.2) is 16.8 Å². The van der Waals surface area contributed by atoms with Crippen molar-refractivity contribution in [3.8, 4) is 11.4 Å². The third-order valence-electron chi connectivity index (χ3n) is 4.30. The van der Waals surface area contributed by atoms with E-state index in [-0.39, 0.29) is 11.5 Å². The summed E-state index contributed by atoms with van der Waals surface area (Å²) in [5.41, 5.74) is 2.29.